The van der Waals surface area contributed by atoms with E-state index < -0.39 is 6.61 Å². The van der Waals surface area contributed by atoms with Gasteiger partial charge in [0, 0.05) is 36.8 Å². The van der Waals surface area contributed by atoms with Crippen LogP contribution in [0.1, 0.15) is 32.6 Å². The van der Waals surface area contributed by atoms with Gasteiger partial charge < -0.3 is 14.8 Å². The summed E-state index contributed by atoms with van der Waals surface area (Å²) >= 11 is 0. The third kappa shape index (κ3) is 4.54. The normalized spacial score (nSPS) is 35.9. The van der Waals surface area contributed by atoms with Crippen LogP contribution in [0.5, 0.6) is 11.5 Å². The number of nitrogens with one attached hydrogen (secondary N) is 4. The van der Waals surface area contributed by atoms with Gasteiger partial charge in [-0.05, 0) is 50.7 Å². The molecular formula is C22H31F2N5O3. The molecule has 2 heterocycles. The van der Waals surface area contributed by atoms with Gasteiger partial charge >= 0.3 is 6.61 Å². The van der Waals surface area contributed by atoms with Crippen molar-refractivity contribution in [2.45, 2.75) is 69.0 Å². The van der Waals surface area contributed by atoms with E-state index in [2.05, 4.69) is 38.0 Å². The van der Waals surface area contributed by atoms with Crippen molar-refractivity contribution in [3.8, 4) is 11.5 Å². The van der Waals surface area contributed by atoms with E-state index in [4.69, 9.17) is 4.74 Å². The number of halogens is 2. The third-order valence-corrected chi connectivity index (χ3v) is 7.18. The minimum Gasteiger partial charge on any atom is -0.484 e. The standard InChI is InChI=1S/C22H31F2N5O3/c1-13-7-18-20(25-5-6-29(18)28-13)27-22-9-14(10-22)17(11-22)26-19(30)12-31-15-3-2-4-16(8-15)32-21(23)24/h2-4,8,13-14,17-18,20-21,25,27-28H,5-7,9-12H2,1H3,(H,26,30). The van der Waals surface area contributed by atoms with Gasteiger partial charge in [-0.25, -0.2) is 5.01 Å². The summed E-state index contributed by atoms with van der Waals surface area (Å²) < 4.78 is 34.5. The Morgan fingerprint density at radius 2 is 2.12 bits per heavy atom. The number of ether oxygens (including phenoxy) is 2. The summed E-state index contributed by atoms with van der Waals surface area (Å²) in [6.07, 6.45) is 4.42. The molecule has 0 spiro atoms. The van der Waals surface area contributed by atoms with Crippen LogP contribution in [0.2, 0.25) is 0 Å². The zero-order valence-electron chi connectivity index (χ0n) is 18.2. The number of hydrogen-bond acceptors (Lipinski definition) is 7. The summed E-state index contributed by atoms with van der Waals surface area (Å²) in [6, 6.07) is 6.99. The van der Waals surface area contributed by atoms with E-state index in [1.165, 1.54) is 12.1 Å². The van der Waals surface area contributed by atoms with Crippen molar-refractivity contribution in [1.82, 2.24) is 26.4 Å². The third-order valence-electron chi connectivity index (χ3n) is 7.18. The van der Waals surface area contributed by atoms with Gasteiger partial charge in [-0.15, -0.1) is 0 Å². The lowest BCUT2D eigenvalue weighted by molar-refractivity contribution is -0.124. The predicted molar refractivity (Wildman–Crippen MR) is 113 cm³/mol. The summed E-state index contributed by atoms with van der Waals surface area (Å²) in [5, 5.41) is 13.0. The molecule has 2 aliphatic heterocycles. The Morgan fingerprint density at radius 1 is 1.31 bits per heavy atom. The van der Waals surface area contributed by atoms with E-state index in [-0.39, 0.29) is 36.0 Å². The van der Waals surface area contributed by atoms with Gasteiger partial charge in [0.2, 0.25) is 0 Å². The first-order valence-electron chi connectivity index (χ1n) is 11.4. The molecule has 2 saturated heterocycles. The molecule has 2 bridgehead atoms. The predicted octanol–water partition coefficient (Wildman–Crippen LogP) is 1.19. The van der Waals surface area contributed by atoms with Crippen LogP contribution in [0.25, 0.3) is 0 Å². The maximum Gasteiger partial charge on any atom is 0.387 e. The largest absolute Gasteiger partial charge is 0.484 e. The van der Waals surface area contributed by atoms with Crippen LogP contribution in [-0.2, 0) is 4.79 Å². The Morgan fingerprint density at radius 3 is 2.94 bits per heavy atom. The molecule has 32 heavy (non-hydrogen) atoms. The molecule has 3 saturated carbocycles. The topological polar surface area (TPSA) is 86.9 Å². The summed E-state index contributed by atoms with van der Waals surface area (Å²) in [7, 11) is 0. The fourth-order valence-corrected chi connectivity index (χ4v) is 5.89. The van der Waals surface area contributed by atoms with E-state index in [0.717, 1.165) is 38.8 Å². The maximum atomic E-state index is 12.4. The van der Waals surface area contributed by atoms with Crippen LogP contribution in [0, 0.1) is 5.92 Å². The first kappa shape index (κ1) is 21.8. The molecule has 3 aliphatic carbocycles. The van der Waals surface area contributed by atoms with Crippen LogP contribution in [0.15, 0.2) is 24.3 Å². The second kappa shape index (κ2) is 8.74. The first-order chi connectivity index (χ1) is 15.4. The van der Waals surface area contributed by atoms with E-state index >= 15 is 0 Å². The Bertz CT molecular complexity index is 838. The molecular weight excluding hydrogens is 420 g/mol. The average molecular weight is 452 g/mol. The number of benzene rings is 1. The lowest BCUT2D eigenvalue weighted by atomic mass is 9.76. The minimum atomic E-state index is -2.90. The first-order valence-corrected chi connectivity index (χ1v) is 11.4. The zero-order chi connectivity index (χ0) is 22.3. The molecule has 4 unspecified atom stereocenters. The Balaban J connectivity index is 1.10. The molecule has 1 amide bonds. The number of carbonyl (C=O) groups is 1. The van der Waals surface area contributed by atoms with Gasteiger partial charge in [-0.3, -0.25) is 20.9 Å². The Kier molecular flexibility index (Phi) is 5.96. The van der Waals surface area contributed by atoms with Crippen LogP contribution < -0.4 is 30.8 Å². The number of hydrogen-bond donors (Lipinski definition) is 4. The number of nitrogens with zero attached hydrogens (tertiary/aromatic N) is 1. The minimum absolute atomic E-state index is 0.00397. The van der Waals surface area contributed by atoms with E-state index in [1.54, 1.807) is 12.1 Å². The quantitative estimate of drug-likeness (QED) is 0.472. The fraction of sp³-hybridized carbons (Fsp3) is 0.682. The molecule has 4 atom stereocenters. The van der Waals surface area contributed by atoms with Gasteiger partial charge in [0.25, 0.3) is 5.91 Å². The van der Waals surface area contributed by atoms with Gasteiger partial charge in [-0.1, -0.05) is 6.07 Å². The molecule has 0 radical (unpaired) electrons. The number of fused-ring (bicyclic) bond motifs is 2. The molecule has 176 valence electrons. The molecule has 1 aromatic rings. The smallest absolute Gasteiger partial charge is 0.387 e. The van der Waals surface area contributed by atoms with Crippen LogP contribution >= 0.6 is 0 Å². The van der Waals surface area contributed by atoms with Crippen molar-refractivity contribution < 1.29 is 23.0 Å². The van der Waals surface area contributed by atoms with Gasteiger partial charge in [-0.2, -0.15) is 8.78 Å². The summed E-state index contributed by atoms with van der Waals surface area (Å²) in [5.74, 6) is 0.604. The summed E-state index contributed by atoms with van der Waals surface area (Å²) in [6.45, 7) is 1.13. The highest BCUT2D eigenvalue weighted by molar-refractivity contribution is 5.78. The second-order valence-corrected chi connectivity index (χ2v) is 9.57. The lowest BCUT2D eigenvalue weighted by Crippen LogP contribution is -2.68. The second-order valence-electron chi connectivity index (χ2n) is 9.57. The maximum absolute atomic E-state index is 12.4. The van der Waals surface area contributed by atoms with Crippen molar-refractivity contribution in [2.75, 3.05) is 19.7 Å². The van der Waals surface area contributed by atoms with Crippen LogP contribution in [-0.4, -0.2) is 67.1 Å². The van der Waals surface area contributed by atoms with Crippen LogP contribution in [0.3, 0.4) is 0 Å². The van der Waals surface area contributed by atoms with Crippen molar-refractivity contribution in [3.63, 3.8) is 0 Å². The summed E-state index contributed by atoms with van der Waals surface area (Å²) in [4.78, 5) is 12.4. The molecule has 5 fully saturated rings. The van der Waals surface area contributed by atoms with Crippen molar-refractivity contribution in [1.29, 1.82) is 0 Å². The number of piperazine rings is 1. The molecule has 5 aliphatic rings. The molecule has 1 aromatic carbocycles. The highest BCUT2D eigenvalue weighted by Gasteiger charge is 2.57. The van der Waals surface area contributed by atoms with Gasteiger partial charge in [0.05, 0.1) is 12.2 Å². The number of carbonyl (C=O) groups excluding carboxylic acids is 1. The van der Waals surface area contributed by atoms with E-state index in [0.29, 0.717) is 23.8 Å². The highest BCUT2D eigenvalue weighted by atomic mass is 19.3. The van der Waals surface area contributed by atoms with Crippen molar-refractivity contribution >= 4 is 5.91 Å². The van der Waals surface area contributed by atoms with E-state index in [9.17, 15) is 13.6 Å². The zero-order valence-corrected chi connectivity index (χ0v) is 18.2. The van der Waals surface area contributed by atoms with Crippen LogP contribution in [0.4, 0.5) is 8.78 Å². The monoisotopic (exact) mass is 451 g/mol. The molecule has 6 rings (SSSR count). The Labute approximate surface area is 186 Å². The molecule has 10 heteroatoms. The van der Waals surface area contributed by atoms with Crippen molar-refractivity contribution in [2.24, 2.45) is 5.92 Å². The summed E-state index contributed by atoms with van der Waals surface area (Å²) in [5.41, 5.74) is 3.63. The number of amides is 1. The molecule has 8 nitrogen and oxygen atoms in total. The SMILES string of the molecule is CC1CC2C(NC34CC(C3)C(NC(=O)COc3cccc(OC(F)F)c3)C4)NCCN2N1. The van der Waals surface area contributed by atoms with Crippen molar-refractivity contribution in [3.05, 3.63) is 24.3 Å². The molecule has 0 aromatic heterocycles. The fourth-order valence-electron chi connectivity index (χ4n) is 5.89. The average Bonchev–Trinajstić information content (AvgIpc) is 3.36. The van der Waals surface area contributed by atoms with E-state index in [1.807, 2.05) is 0 Å². The van der Waals surface area contributed by atoms with Gasteiger partial charge in [0.15, 0.2) is 6.61 Å². The molecule has 4 N–H and O–H groups in total. The highest BCUT2D eigenvalue weighted by Crippen LogP contribution is 2.52. The van der Waals surface area contributed by atoms with Gasteiger partial charge in [0.1, 0.15) is 11.5 Å². The number of alkyl halides is 2. The number of hydrazine groups is 1. The Hall–Kier alpha value is -2.01. The lowest BCUT2D eigenvalue weighted by Gasteiger charge is -2.46. The number of rotatable bonds is 8.